The van der Waals surface area contributed by atoms with Gasteiger partial charge in [-0.25, -0.2) is 14.6 Å². The molecule has 1 fully saturated rings. The molecule has 7 N–H and O–H groups in total. The Morgan fingerprint density at radius 1 is 1.14 bits per heavy atom. The van der Waals surface area contributed by atoms with Crippen molar-refractivity contribution in [2.45, 2.75) is 63.5 Å². The smallest absolute Gasteiger partial charge is 0.411 e. The van der Waals surface area contributed by atoms with Gasteiger partial charge in [0.25, 0.3) is 0 Å². The van der Waals surface area contributed by atoms with Crippen molar-refractivity contribution in [3.05, 3.63) is 30.2 Å². The Balaban J connectivity index is 1.60. The van der Waals surface area contributed by atoms with Gasteiger partial charge in [-0.15, -0.1) is 0 Å². The summed E-state index contributed by atoms with van der Waals surface area (Å²) in [5.74, 6) is 0.210. The summed E-state index contributed by atoms with van der Waals surface area (Å²) in [4.78, 5) is 44.8. The van der Waals surface area contributed by atoms with Crippen LogP contribution in [0, 0.1) is 11.8 Å². The first-order chi connectivity index (χ1) is 17.9. The number of nitrogens with zero attached hydrogens (tertiary/aromatic N) is 1. The Bertz CT molecular complexity index is 1110. The molecule has 2 amide bonds. The van der Waals surface area contributed by atoms with Crippen molar-refractivity contribution in [2.75, 3.05) is 24.3 Å². The third-order valence-corrected chi connectivity index (χ3v) is 7.40. The van der Waals surface area contributed by atoms with Gasteiger partial charge in [0, 0.05) is 22.9 Å². The van der Waals surface area contributed by atoms with Crippen molar-refractivity contribution in [1.82, 2.24) is 15.3 Å². The second-order valence-electron chi connectivity index (χ2n) is 9.89. The molecule has 2 atom stereocenters. The van der Waals surface area contributed by atoms with Crippen LogP contribution in [0.15, 0.2) is 24.4 Å². The minimum absolute atomic E-state index is 0.0272. The fourth-order valence-electron chi connectivity index (χ4n) is 5.16. The van der Waals surface area contributed by atoms with Crippen LogP contribution in [0.1, 0.15) is 63.2 Å². The number of amides is 2. The highest BCUT2D eigenvalue weighted by atomic mass is 16.5. The predicted octanol–water partition coefficient (Wildman–Crippen LogP) is 3.62. The molecule has 1 aromatic heterocycles. The molecule has 0 spiro atoms. The maximum absolute atomic E-state index is 13.1. The summed E-state index contributed by atoms with van der Waals surface area (Å²) in [5.41, 5.74) is 8.17. The Morgan fingerprint density at radius 3 is 2.59 bits per heavy atom. The van der Waals surface area contributed by atoms with E-state index in [1.54, 1.807) is 24.4 Å². The lowest BCUT2D eigenvalue weighted by atomic mass is 9.81. The fourth-order valence-corrected chi connectivity index (χ4v) is 5.16. The second kappa shape index (κ2) is 12.1. The van der Waals surface area contributed by atoms with E-state index in [2.05, 4.69) is 30.7 Å². The van der Waals surface area contributed by atoms with Gasteiger partial charge >= 0.3 is 12.1 Å². The van der Waals surface area contributed by atoms with E-state index in [4.69, 9.17) is 5.73 Å². The van der Waals surface area contributed by atoms with Gasteiger partial charge in [-0.05, 0) is 69.2 Å². The number of aliphatic carboxylic acids is 1. The number of carbonyl (C=O) groups excluding carboxylic acids is 2. The molecule has 1 aliphatic carbocycles. The summed E-state index contributed by atoms with van der Waals surface area (Å²) in [6.45, 7) is 0.667. The van der Waals surface area contributed by atoms with E-state index in [-0.39, 0.29) is 17.9 Å². The van der Waals surface area contributed by atoms with Gasteiger partial charge in [-0.1, -0.05) is 12.8 Å². The van der Waals surface area contributed by atoms with E-state index < -0.39 is 18.1 Å². The topological polar surface area (TPSA) is 171 Å². The van der Waals surface area contributed by atoms with Crippen LogP contribution in [0.3, 0.4) is 0 Å². The van der Waals surface area contributed by atoms with Crippen molar-refractivity contribution in [1.29, 1.82) is 0 Å². The van der Waals surface area contributed by atoms with Crippen molar-refractivity contribution < 1.29 is 24.2 Å². The largest absolute Gasteiger partial charge is 0.480 e. The predicted molar refractivity (Wildman–Crippen MR) is 139 cm³/mol. The summed E-state index contributed by atoms with van der Waals surface area (Å²) in [7, 11) is 1.27. The molecule has 2 aromatic rings. The number of carboxylic acid groups (broad SMARTS) is 1. The Hall–Kier alpha value is -3.60. The lowest BCUT2D eigenvalue weighted by molar-refractivity contribution is -0.138. The number of imidazole rings is 1. The van der Waals surface area contributed by atoms with Crippen LogP contribution in [0.25, 0.3) is 11.3 Å². The number of aromatic nitrogens is 2. The molecule has 0 saturated heterocycles. The number of methoxy groups -OCH3 is 1. The molecule has 4 rings (SSSR count). The molecule has 0 radical (unpaired) electrons. The van der Waals surface area contributed by atoms with Crippen LogP contribution in [-0.2, 0) is 14.3 Å². The number of benzene rings is 1. The van der Waals surface area contributed by atoms with Crippen molar-refractivity contribution in [2.24, 2.45) is 17.6 Å². The molecule has 200 valence electrons. The number of fused-ring (bicyclic) bond motifs is 4. The first kappa shape index (κ1) is 26.5. The van der Waals surface area contributed by atoms with Crippen LogP contribution in [0.4, 0.5) is 16.2 Å². The minimum atomic E-state index is -0.961. The van der Waals surface area contributed by atoms with Crippen molar-refractivity contribution >= 4 is 29.3 Å². The average Bonchev–Trinajstić information content (AvgIpc) is 3.39. The fraction of sp³-hybridized carbons (Fsp3) is 0.538. The quantitative estimate of drug-likeness (QED) is 0.352. The van der Waals surface area contributed by atoms with Crippen LogP contribution in [0.2, 0.25) is 0 Å². The Kier molecular flexibility index (Phi) is 8.65. The molecule has 37 heavy (non-hydrogen) atoms. The number of nitrogens with two attached hydrogens (primary N) is 1. The number of nitrogens with one attached hydrogen (secondary N) is 4. The zero-order valence-electron chi connectivity index (χ0n) is 21.1. The number of hydrogen-bond donors (Lipinski definition) is 6. The normalized spacial score (nSPS) is 23.8. The van der Waals surface area contributed by atoms with Crippen molar-refractivity contribution in [3.8, 4) is 11.3 Å². The molecular formula is C26H36N6O5. The lowest BCUT2D eigenvalue weighted by Gasteiger charge is -2.28. The van der Waals surface area contributed by atoms with Crippen molar-refractivity contribution in [3.63, 3.8) is 0 Å². The number of aromatic amines is 1. The highest BCUT2D eigenvalue weighted by molar-refractivity contribution is 5.89. The maximum atomic E-state index is 13.1. The molecule has 2 bridgehead atoms. The number of ether oxygens (including phenoxy) is 1. The number of hydrogen-bond acceptors (Lipinski definition) is 7. The number of carboxylic acids is 1. The molecule has 2 aliphatic rings. The van der Waals surface area contributed by atoms with Gasteiger partial charge in [0.15, 0.2) is 0 Å². The third-order valence-electron chi connectivity index (χ3n) is 7.40. The average molecular weight is 513 g/mol. The monoisotopic (exact) mass is 512 g/mol. The number of rotatable bonds is 5. The first-order valence-electron chi connectivity index (χ1n) is 12.9. The molecule has 1 aromatic carbocycles. The van der Waals surface area contributed by atoms with E-state index in [1.165, 1.54) is 7.11 Å². The second-order valence-corrected chi connectivity index (χ2v) is 9.89. The summed E-state index contributed by atoms with van der Waals surface area (Å²) in [6, 6.07) is 4.04. The van der Waals surface area contributed by atoms with E-state index >= 15 is 0 Å². The lowest BCUT2D eigenvalue weighted by Crippen LogP contribution is -2.37. The molecule has 2 heterocycles. The van der Waals surface area contributed by atoms with Crippen LogP contribution < -0.4 is 21.7 Å². The van der Waals surface area contributed by atoms with E-state index in [9.17, 15) is 19.5 Å². The van der Waals surface area contributed by atoms with Gasteiger partial charge in [-0.2, -0.15) is 0 Å². The first-order valence-corrected chi connectivity index (χ1v) is 12.9. The summed E-state index contributed by atoms with van der Waals surface area (Å²) in [6.07, 6.45) is 7.11. The minimum Gasteiger partial charge on any atom is -0.480 e. The van der Waals surface area contributed by atoms with E-state index in [0.29, 0.717) is 60.2 Å². The summed E-state index contributed by atoms with van der Waals surface area (Å²) < 4.78 is 4.67. The van der Waals surface area contributed by atoms with Gasteiger partial charge in [0.2, 0.25) is 5.91 Å². The Labute approximate surface area is 215 Å². The van der Waals surface area contributed by atoms with E-state index in [0.717, 1.165) is 32.1 Å². The number of H-pyrrole nitrogens is 1. The Morgan fingerprint density at radius 2 is 1.89 bits per heavy atom. The molecule has 1 aliphatic heterocycles. The third kappa shape index (κ3) is 6.59. The zero-order valence-corrected chi connectivity index (χ0v) is 21.1. The molecule has 11 nitrogen and oxygen atoms in total. The number of anilines is 2. The maximum Gasteiger partial charge on any atom is 0.411 e. The van der Waals surface area contributed by atoms with Crippen LogP contribution >= 0.6 is 0 Å². The highest BCUT2D eigenvalue weighted by Gasteiger charge is 2.29. The van der Waals surface area contributed by atoms with E-state index in [1.807, 2.05) is 0 Å². The van der Waals surface area contributed by atoms with Gasteiger partial charge in [-0.3, -0.25) is 10.1 Å². The summed E-state index contributed by atoms with van der Waals surface area (Å²) in [5, 5.41) is 18.8. The SMILES string of the molecule is COC(=O)Nc1ccc2c(c1)N[C@@H](C(=O)O)CCCC[C@H](NC(=O)C1CCC(CN)CC1)c1ncc-2[nH]1. The number of carbonyl (C=O) groups is 3. The standard InChI is InChI=1S/C26H36N6O5/c1-37-26(36)29-17-10-11-18-21(12-17)30-20(25(34)35)5-3-2-4-19(23-28-14-22(18)31-23)32-24(33)16-8-6-15(13-27)7-9-16/h10-12,14-16,19-20,30H,2-9,13,27H2,1H3,(H,28,31)(H,29,36)(H,32,33)(H,34,35)/t15?,16?,19-,20+/m0/s1. The highest BCUT2D eigenvalue weighted by Crippen LogP contribution is 2.34. The summed E-state index contributed by atoms with van der Waals surface area (Å²) >= 11 is 0. The molecule has 1 saturated carbocycles. The van der Waals surface area contributed by atoms with Gasteiger partial charge in [0.1, 0.15) is 11.9 Å². The molecular weight excluding hydrogens is 476 g/mol. The van der Waals surface area contributed by atoms with Crippen LogP contribution in [-0.4, -0.2) is 52.7 Å². The van der Waals surface area contributed by atoms with Gasteiger partial charge in [0.05, 0.1) is 25.0 Å². The zero-order chi connectivity index (χ0) is 26.4. The van der Waals surface area contributed by atoms with Gasteiger partial charge < -0.3 is 31.2 Å². The molecule has 11 heteroatoms. The molecule has 0 unspecified atom stereocenters. The van der Waals surface area contributed by atoms with Crippen LogP contribution in [0.5, 0.6) is 0 Å².